The molecule has 2 aromatic heterocycles. The first kappa shape index (κ1) is 30.6. The van der Waals surface area contributed by atoms with Crippen LogP contribution in [0.1, 0.15) is 74.0 Å². The molecule has 2 aliphatic carbocycles. The topological polar surface area (TPSA) is 124 Å². The summed E-state index contributed by atoms with van der Waals surface area (Å²) < 4.78 is 59.2. The number of aliphatic hydroxyl groups excluding tert-OH is 1. The highest BCUT2D eigenvalue weighted by atomic mass is 35.5. The van der Waals surface area contributed by atoms with E-state index < -0.39 is 41.4 Å². The highest BCUT2D eigenvalue weighted by molar-refractivity contribution is 6.34. The Hall–Kier alpha value is -4.07. The Kier molecular flexibility index (Phi) is 7.14. The summed E-state index contributed by atoms with van der Waals surface area (Å²) in [5.41, 5.74) is -0.494. The third kappa shape index (κ3) is 4.83. The van der Waals surface area contributed by atoms with Crippen LogP contribution in [-0.2, 0) is 31.3 Å². The van der Waals surface area contributed by atoms with E-state index >= 15 is 4.39 Å². The number of imidazole rings is 1. The number of hydrogen-bond donors (Lipinski definition) is 3. The Bertz CT molecular complexity index is 1890. The van der Waals surface area contributed by atoms with Gasteiger partial charge in [0.1, 0.15) is 17.9 Å². The van der Waals surface area contributed by atoms with Gasteiger partial charge >= 0.3 is 12.1 Å². The zero-order valence-corrected chi connectivity index (χ0v) is 25.2. The fraction of sp³-hybridized carbons (Fsp3) is 0.375. The largest absolute Gasteiger partial charge is 0.478 e. The molecule has 0 radical (unpaired) electrons. The van der Waals surface area contributed by atoms with E-state index in [1.54, 1.807) is 0 Å². The Morgan fingerprint density at radius 1 is 1.17 bits per heavy atom. The maximum absolute atomic E-state index is 15.4. The second-order valence-electron chi connectivity index (χ2n) is 12.3. The first-order valence-electron chi connectivity index (χ1n) is 14.8. The van der Waals surface area contributed by atoms with Crippen LogP contribution in [0.2, 0.25) is 5.02 Å². The predicted molar refractivity (Wildman–Crippen MR) is 157 cm³/mol. The molecule has 0 spiro atoms. The van der Waals surface area contributed by atoms with Crippen LogP contribution >= 0.6 is 11.6 Å². The first-order chi connectivity index (χ1) is 21.8. The SMILES string of the molecule is Cc1nc2c([nH]1)CN(C(O)C1CCc3c(-c4ccc(C(=O)O)cc4F)nn(C(=O)c4c(Cl)cccc4C4(C(F)(F)F)CC4)c3C1)C2. The van der Waals surface area contributed by atoms with Gasteiger partial charge < -0.3 is 15.2 Å². The number of aliphatic hydroxyl groups is 1. The van der Waals surface area contributed by atoms with Crippen molar-refractivity contribution >= 4 is 23.5 Å². The van der Waals surface area contributed by atoms with Crippen LogP contribution in [0.4, 0.5) is 17.6 Å². The van der Waals surface area contributed by atoms with Gasteiger partial charge in [0.2, 0.25) is 0 Å². The highest BCUT2D eigenvalue weighted by Gasteiger charge is 2.65. The van der Waals surface area contributed by atoms with E-state index in [9.17, 15) is 33.0 Å². The molecule has 4 aromatic rings. The maximum Gasteiger partial charge on any atom is 0.398 e. The molecular formula is C32H28ClF4N5O4. The minimum absolute atomic E-state index is 0.0559. The molecule has 0 saturated heterocycles. The number of nitrogens with zero attached hydrogens (tertiary/aromatic N) is 4. The van der Waals surface area contributed by atoms with E-state index in [1.807, 2.05) is 11.8 Å². The van der Waals surface area contributed by atoms with E-state index in [0.717, 1.165) is 28.0 Å². The number of aromatic nitrogens is 4. The van der Waals surface area contributed by atoms with Crippen molar-refractivity contribution in [2.45, 2.75) is 69.9 Å². The van der Waals surface area contributed by atoms with Crippen molar-refractivity contribution in [1.29, 1.82) is 0 Å². The maximum atomic E-state index is 15.4. The lowest BCUT2D eigenvalue weighted by Gasteiger charge is -2.33. The number of aromatic amines is 1. The Balaban J connectivity index is 1.31. The standard InChI is InChI=1S/C32H28ClF4N5O4/c1-15-38-23-13-41(14-24(23)39-15)28(43)16-5-8-19-25(12-16)42(40-27(19)18-7-6-17(30(45)46)11-22(18)34)29(44)26-20(3-2-4-21(26)33)31(9-10-31)32(35,36)37/h2-4,6-7,11,16,28,43H,5,8-10,12-14H2,1H3,(H,38,39)(H,45,46). The van der Waals surface area contributed by atoms with Crippen LogP contribution in [0.25, 0.3) is 11.3 Å². The predicted octanol–water partition coefficient (Wildman–Crippen LogP) is 5.79. The lowest BCUT2D eigenvalue weighted by Crippen LogP contribution is -2.40. The number of hydrogen-bond acceptors (Lipinski definition) is 6. The van der Waals surface area contributed by atoms with Crippen molar-refractivity contribution in [1.82, 2.24) is 24.6 Å². The summed E-state index contributed by atoms with van der Waals surface area (Å²) in [6.45, 7) is 2.70. The van der Waals surface area contributed by atoms with Gasteiger partial charge in [-0.2, -0.15) is 23.0 Å². The van der Waals surface area contributed by atoms with Gasteiger partial charge in [-0.1, -0.05) is 23.7 Å². The number of rotatable bonds is 6. The van der Waals surface area contributed by atoms with Crippen molar-refractivity contribution < 1.29 is 37.4 Å². The van der Waals surface area contributed by atoms with E-state index in [2.05, 4.69) is 15.1 Å². The number of carbonyl (C=O) groups is 2. The summed E-state index contributed by atoms with van der Waals surface area (Å²) >= 11 is 6.45. The molecule has 3 aliphatic rings. The second kappa shape index (κ2) is 10.7. The minimum atomic E-state index is -4.62. The molecule has 0 amide bonds. The molecular weight excluding hydrogens is 630 g/mol. The molecule has 1 aliphatic heterocycles. The lowest BCUT2D eigenvalue weighted by molar-refractivity contribution is -0.160. The van der Waals surface area contributed by atoms with E-state index in [4.69, 9.17) is 11.6 Å². The number of halogens is 5. The molecule has 240 valence electrons. The minimum Gasteiger partial charge on any atom is -0.478 e. The molecule has 2 aromatic carbocycles. The van der Waals surface area contributed by atoms with Gasteiger partial charge in [0.25, 0.3) is 5.91 Å². The first-order valence-corrected chi connectivity index (χ1v) is 15.2. The van der Waals surface area contributed by atoms with E-state index in [0.29, 0.717) is 30.8 Å². The summed E-state index contributed by atoms with van der Waals surface area (Å²) in [6, 6.07) is 7.30. The van der Waals surface area contributed by atoms with Gasteiger partial charge in [-0.15, -0.1) is 0 Å². The van der Waals surface area contributed by atoms with Crippen molar-refractivity contribution in [3.8, 4) is 11.3 Å². The Morgan fingerprint density at radius 2 is 1.93 bits per heavy atom. The van der Waals surface area contributed by atoms with Crippen LogP contribution in [0, 0.1) is 18.7 Å². The number of carboxylic acid groups (broad SMARTS) is 1. The summed E-state index contributed by atoms with van der Waals surface area (Å²) in [6.07, 6.45) is -5.11. The zero-order valence-electron chi connectivity index (χ0n) is 24.5. The normalized spacial score (nSPS) is 19.5. The number of carboxylic acids is 1. The van der Waals surface area contributed by atoms with Gasteiger partial charge in [-0.25, -0.2) is 14.2 Å². The molecule has 3 heterocycles. The van der Waals surface area contributed by atoms with Gasteiger partial charge in [0.05, 0.1) is 44.3 Å². The zero-order chi connectivity index (χ0) is 32.7. The number of fused-ring (bicyclic) bond motifs is 2. The summed E-state index contributed by atoms with van der Waals surface area (Å²) in [4.78, 5) is 35.2. The summed E-state index contributed by atoms with van der Waals surface area (Å²) in [7, 11) is 0. The summed E-state index contributed by atoms with van der Waals surface area (Å²) in [5.74, 6) is -2.73. The second-order valence-corrected chi connectivity index (χ2v) is 12.7. The average Bonchev–Trinajstić information content (AvgIpc) is 3.47. The number of alkyl halides is 3. The quantitative estimate of drug-likeness (QED) is 0.224. The number of aryl methyl sites for hydroxylation is 1. The molecule has 9 nitrogen and oxygen atoms in total. The fourth-order valence-corrected chi connectivity index (χ4v) is 7.24. The van der Waals surface area contributed by atoms with Crippen LogP contribution in [0.3, 0.4) is 0 Å². The van der Waals surface area contributed by atoms with Crippen molar-refractivity contribution in [3.05, 3.63) is 92.4 Å². The smallest absolute Gasteiger partial charge is 0.398 e. The fourth-order valence-electron chi connectivity index (χ4n) is 6.98. The Morgan fingerprint density at radius 3 is 2.59 bits per heavy atom. The monoisotopic (exact) mass is 657 g/mol. The molecule has 7 rings (SSSR count). The molecule has 1 saturated carbocycles. The molecule has 46 heavy (non-hydrogen) atoms. The van der Waals surface area contributed by atoms with E-state index in [-0.39, 0.29) is 58.7 Å². The van der Waals surface area contributed by atoms with Gasteiger partial charge in [0.15, 0.2) is 0 Å². The van der Waals surface area contributed by atoms with Crippen LogP contribution < -0.4 is 0 Å². The van der Waals surface area contributed by atoms with Crippen LogP contribution in [-0.4, -0.2) is 59.1 Å². The average molecular weight is 658 g/mol. The third-order valence-corrected chi connectivity index (χ3v) is 9.82. The number of carbonyl (C=O) groups excluding carboxylic acids is 1. The van der Waals surface area contributed by atoms with Crippen molar-refractivity contribution in [3.63, 3.8) is 0 Å². The molecule has 3 N–H and O–H groups in total. The van der Waals surface area contributed by atoms with Crippen LogP contribution in [0.5, 0.6) is 0 Å². The van der Waals surface area contributed by atoms with Gasteiger partial charge in [0, 0.05) is 30.1 Å². The number of nitrogens with one attached hydrogen (secondary N) is 1. The molecule has 14 heteroatoms. The number of H-pyrrole nitrogens is 1. The highest BCUT2D eigenvalue weighted by Crippen LogP contribution is 2.60. The number of aromatic carboxylic acids is 1. The molecule has 2 unspecified atom stereocenters. The number of benzene rings is 2. The molecule has 0 bridgehead atoms. The van der Waals surface area contributed by atoms with Crippen molar-refractivity contribution in [2.75, 3.05) is 0 Å². The van der Waals surface area contributed by atoms with Crippen LogP contribution in [0.15, 0.2) is 36.4 Å². The van der Waals surface area contributed by atoms with Gasteiger partial charge in [-0.05, 0) is 68.9 Å². The lowest BCUT2D eigenvalue weighted by atomic mass is 9.84. The Labute approximate surface area is 264 Å². The third-order valence-electron chi connectivity index (χ3n) is 9.50. The van der Waals surface area contributed by atoms with Gasteiger partial charge in [-0.3, -0.25) is 9.69 Å². The molecule has 1 fully saturated rings. The summed E-state index contributed by atoms with van der Waals surface area (Å²) in [5, 5.41) is 25.1. The van der Waals surface area contributed by atoms with Crippen molar-refractivity contribution in [2.24, 2.45) is 5.92 Å². The molecule has 2 atom stereocenters. The van der Waals surface area contributed by atoms with E-state index in [1.165, 1.54) is 30.3 Å².